The molecule has 0 aliphatic rings. The molecule has 0 radical (unpaired) electrons. The maximum Gasteiger partial charge on any atom is 0.320 e. The van der Waals surface area contributed by atoms with Crippen LogP contribution in [-0.4, -0.2) is 17.9 Å². The molecule has 11 heavy (non-hydrogen) atoms. The van der Waals surface area contributed by atoms with Crippen LogP contribution >= 0.6 is 0 Å². The number of esters is 1. The minimum atomic E-state index is -0.740. The van der Waals surface area contributed by atoms with Crippen molar-refractivity contribution in [3.63, 3.8) is 0 Å². The largest absolute Gasteiger partial charge is 0.454 e. The number of Topliss-reactive ketones (excluding diaryl/α,β-unsaturated/α-hetero) is 1. The fourth-order valence-electron chi connectivity index (χ4n) is 0.386. The van der Waals surface area contributed by atoms with Gasteiger partial charge in [0.2, 0.25) is 0 Å². The molecule has 0 aromatic heterocycles. The van der Waals surface area contributed by atoms with Crippen molar-refractivity contribution < 1.29 is 14.3 Å². The van der Waals surface area contributed by atoms with Crippen LogP contribution in [0.2, 0.25) is 0 Å². The Morgan fingerprint density at radius 2 is 2.18 bits per heavy atom. The van der Waals surface area contributed by atoms with Crippen molar-refractivity contribution in [2.75, 3.05) is 0 Å². The van der Waals surface area contributed by atoms with Gasteiger partial charge in [-0.3, -0.25) is 9.59 Å². The summed E-state index contributed by atoms with van der Waals surface area (Å²) >= 11 is 0. The third-order valence-corrected chi connectivity index (χ3v) is 1.10. The average Bonchev–Trinajstić information content (AvgIpc) is 1.87. The Morgan fingerprint density at radius 3 is 2.55 bits per heavy atom. The molecule has 4 nitrogen and oxygen atoms in total. The Hall–Kier alpha value is -1.37. The minimum absolute atomic E-state index is 0.226. The maximum absolute atomic E-state index is 10.6. The SMILES string of the molecule is CC(=O)C(C)OC(=O)CC#N. The molecule has 0 amide bonds. The topological polar surface area (TPSA) is 67.2 Å². The Morgan fingerprint density at radius 1 is 1.64 bits per heavy atom. The molecule has 0 saturated heterocycles. The zero-order chi connectivity index (χ0) is 8.85. The van der Waals surface area contributed by atoms with Gasteiger partial charge in [-0.05, 0) is 13.8 Å². The summed E-state index contributed by atoms with van der Waals surface area (Å²) in [6.45, 7) is 2.79. The first-order chi connectivity index (χ1) is 5.07. The smallest absolute Gasteiger partial charge is 0.320 e. The van der Waals surface area contributed by atoms with Crippen molar-refractivity contribution in [1.29, 1.82) is 5.26 Å². The highest BCUT2D eigenvalue weighted by atomic mass is 16.5. The number of ether oxygens (including phenoxy) is 1. The standard InChI is InChI=1S/C7H9NO3/c1-5(9)6(2)11-7(10)3-4-8/h6H,3H2,1-2H3. The van der Waals surface area contributed by atoms with Crippen LogP contribution in [0.1, 0.15) is 20.3 Å². The number of nitriles is 1. The van der Waals surface area contributed by atoms with E-state index in [0.29, 0.717) is 0 Å². The van der Waals surface area contributed by atoms with Crippen molar-refractivity contribution >= 4 is 11.8 Å². The molecule has 0 rings (SSSR count). The van der Waals surface area contributed by atoms with E-state index in [1.807, 2.05) is 0 Å². The zero-order valence-corrected chi connectivity index (χ0v) is 6.46. The summed E-state index contributed by atoms with van der Waals surface area (Å²) in [6, 6.07) is 1.63. The lowest BCUT2D eigenvalue weighted by atomic mass is 10.3. The Labute approximate surface area is 64.8 Å². The number of nitrogens with zero attached hydrogens (tertiary/aromatic N) is 1. The van der Waals surface area contributed by atoms with Crippen LogP contribution in [0.5, 0.6) is 0 Å². The van der Waals surface area contributed by atoms with Gasteiger partial charge in [-0.15, -0.1) is 0 Å². The van der Waals surface area contributed by atoms with Crippen LogP contribution in [0.4, 0.5) is 0 Å². The monoisotopic (exact) mass is 155 g/mol. The van der Waals surface area contributed by atoms with E-state index < -0.39 is 12.1 Å². The number of carbonyl (C=O) groups is 2. The van der Waals surface area contributed by atoms with E-state index in [9.17, 15) is 9.59 Å². The van der Waals surface area contributed by atoms with E-state index in [2.05, 4.69) is 4.74 Å². The molecule has 0 aliphatic carbocycles. The van der Waals surface area contributed by atoms with Gasteiger partial charge in [0.25, 0.3) is 0 Å². The van der Waals surface area contributed by atoms with Crippen molar-refractivity contribution in [2.45, 2.75) is 26.4 Å². The third kappa shape index (κ3) is 4.09. The maximum atomic E-state index is 10.6. The molecule has 0 saturated carbocycles. The third-order valence-electron chi connectivity index (χ3n) is 1.10. The number of rotatable bonds is 3. The predicted molar refractivity (Wildman–Crippen MR) is 36.5 cm³/mol. The van der Waals surface area contributed by atoms with E-state index >= 15 is 0 Å². The minimum Gasteiger partial charge on any atom is -0.454 e. The second-order valence-corrected chi connectivity index (χ2v) is 2.08. The van der Waals surface area contributed by atoms with Crippen molar-refractivity contribution in [2.24, 2.45) is 0 Å². The van der Waals surface area contributed by atoms with Gasteiger partial charge in [-0.1, -0.05) is 0 Å². The predicted octanol–water partition coefficient (Wildman–Crippen LogP) is 0.421. The van der Waals surface area contributed by atoms with Crippen molar-refractivity contribution in [3.8, 4) is 6.07 Å². The van der Waals surface area contributed by atoms with Crippen LogP contribution in [0.15, 0.2) is 0 Å². The van der Waals surface area contributed by atoms with E-state index in [1.54, 1.807) is 6.07 Å². The lowest BCUT2D eigenvalue weighted by Gasteiger charge is -2.06. The van der Waals surface area contributed by atoms with Gasteiger partial charge >= 0.3 is 5.97 Å². The lowest BCUT2D eigenvalue weighted by molar-refractivity contribution is -0.152. The molecule has 0 bridgehead atoms. The molecule has 0 aromatic carbocycles. The number of ketones is 1. The number of hydrogen-bond donors (Lipinski definition) is 0. The molecule has 0 aliphatic heterocycles. The second-order valence-electron chi connectivity index (χ2n) is 2.08. The van der Waals surface area contributed by atoms with Gasteiger partial charge in [0.1, 0.15) is 6.42 Å². The molecule has 60 valence electrons. The summed E-state index contributed by atoms with van der Waals surface area (Å²) in [4.78, 5) is 21.1. The van der Waals surface area contributed by atoms with Crippen molar-refractivity contribution in [1.82, 2.24) is 0 Å². The molecule has 0 fully saturated rings. The van der Waals surface area contributed by atoms with Gasteiger partial charge in [-0.2, -0.15) is 5.26 Å². The van der Waals surface area contributed by atoms with E-state index in [-0.39, 0.29) is 12.2 Å². The van der Waals surface area contributed by atoms with Gasteiger partial charge in [0, 0.05) is 0 Å². The van der Waals surface area contributed by atoms with Gasteiger partial charge in [-0.25, -0.2) is 0 Å². The molecule has 0 spiro atoms. The molecule has 0 N–H and O–H groups in total. The second kappa shape index (κ2) is 4.45. The summed E-state index contributed by atoms with van der Waals surface area (Å²) in [7, 11) is 0. The molecule has 1 atom stereocenters. The first-order valence-corrected chi connectivity index (χ1v) is 3.14. The molecule has 1 unspecified atom stereocenters. The zero-order valence-electron chi connectivity index (χ0n) is 6.46. The van der Waals surface area contributed by atoms with Gasteiger partial charge in [0.05, 0.1) is 6.07 Å². The van der Waals surface area contributed by atoms with Crippen LogP contribution in [0.3, 0.4) is 0 Å². The first-order valence-electron chi connectivity index (χ1n) is 3.14. The summed E-state index contributed by atoms with van der Waals surface area (Å²) in [5.41, 5.74) is 0. The van der Waals surface area contributed by atoms with Gasteiger partial charge in [0.15, 0.2) is 11.9 Å². The summed E-state index contributed by atoms with van der Waals surface area (Å²) < 4.78 is 4.54. The summed E-state index contributed by atoms with van der Waals surface area (Å²) in [5.74, 6) is -0.883. The highest BCUT2D eigenvalue weighted by Crippen LogP contribution is 1.94. The van der Waals surface area contributed by atoms with Gasteiger partial charge < -0.3 is 4.74 Å². The molecule has 0 heterocycles. The van der Waals surface area contributed by atoms with E-state index in [1.165, 1.54) is 13.8 Å². The Balaban J connectivity index is 3.77. The number of hydrogen-bond acceptors (Lipinski definition) is 4. The van der Waals surface area contributed by atoms with E-state index in [0.717, 1.165) is 0 Å². The highest BCUT2D eigenvalue weighted by Gasteiger charge is 2.12. The van der Waals surface area contributed by atoms with Crippen LogP contribution in [0, 0.1) is 11.3 Å². The molecule has 0 aromatic rings. The van der Waals surface area contributed by atoms with Crippen LogP contribution < -0.4 is 0 Å². The normalized spacial score (nSPS) is 11.4. The summed E-state index contributed by atoms with van der Waals surface area (Å²) in [5, 5.41) is 8.05. The molecule has 4 heteroatoms. The number of carbonyl (C=O) groups excluding carboxylic acids is 2. The lowest BCUT2D eigenvalue weighted by Crippen LogP contribution is -2.21. The quantitative estimate of drug-likeness (QED) is 0.554. The fraction of sp³-hybridized carbons (Fsp3) is 0.571. The Bertz CT molecular complexity index is 204. The summed E-state index contributed by atoms with van der Waals surface area (Å²) in [6.07, 6.45) is -1.05. The van der Waals surface area contributed by atoms with Crippen LogP contribution in [0.25, 0.3) is 0 Å². The van der Waals surface area contributed by atoms with E-state index in [4.69, 9.17) is 5.26 Å². The molecular weight excluding hydrogens is 146 g/mol. The Kier molecular flexibility index (Phi) is 3.89. The molecular formula is C7H9NO3. The van der Waals surface area contributed by atoms with Crippen LogP contribution in [-0.2, 0) is 14.3 Å². The first kappa shape index (κ1) is 9.63. The fourth-order valence-corrected chi connectivity index (χ4v) is 0.386. The van der Waals surface area contributed by atoms with Crippen molar-refractivity contribution in [3.05, 3.63) is 0 Å². The average molecular weight is 155 g/mol. The highest BCUT2D eigenvalue weighted by molar-refractivity contribution is 5.83.